The van der Waals surface area contributed by atoms with Crippen molar-refractivity contribution in [1.82, 2.24) is 10.0 Å². The SMILES string of the molecule is CCNCc1sccc1S(=O)(=O)NC(C)c1ccc(Cl)s1. The highest BCUT2D eigenvalue weighted by Crippen LogP contribution is 2.29. The number of halogens is 1. The summed E-state index contributed by atoms with van der Waals surface area (Å²) in [6.45, 7) is 5.16. The molecule has 0 aliphatic heterocycles. The van der Waals surface area contributed by atoms with Crippen molar-refractivity contribution in [3.05, 3.63) is 37.7 Å². The van der Waals surface area contributed by atoms with E-state index in [4.69, 9.17) is 11.6 Å². The Morgan fingerprint density at radius 3 is 2.71 bits per heavy atom. The minimum absolute atomic E-state index is 0.306. The first-order chi connectivity index (χ1) is 9.94. The summed E-state index contributed by atoms with van der Waals surface area (Å²) in [5, 5.41) is 4.95. The third kappa shape index (κ3) is 4.28. The fourth-order valence-electron chi connectivity index (χ4n) is 1.85. The van der Waals surface area contributed by atoms with Crippen molar-refractivity contribution in [3.63, 3.8) is 0 Å². The highest BCUT2D eigenvalue weighted by Gasteiger charge is 2.23. The zero-order chi connectivity index (χ0) is 15.5. The number of sulfonamides is 1. The predicted octanol–water partition coefficient (Wildman–Crippen LogP) is 3.61. The van der Waals surface area contributed by atoms with Crippen LogP contribution < -0.4 is 10.0 Å². The van der Waals surface area contributed by atoms with Crippen LogP contribution in [0.2, 0.25) is 4.34 Å². The van der Waals surface area contributed by atoms with Crippen LogP contribution in [0.5, 0.6) is 0 Å². The molecule has 0 fully saturated rings. The van der Waals surface area contributed by atoms with E-state index in [1.54, 1.807) is 17.5 Å². The second-order valence-electron chi connectivity index (χ2n) is 4.47. The van der Waals surface area contributed by atoms with Gasteiger partial charge >= 0.3 is 0 Å². The molecule has 2 aromatic heterocycles. The van der Waals surface area contributed by atoms with E-state index in [2.05, 4.69) is 10.0 Å². The summed E-state index contributed by atoms with van der Waals surface area (Å²) in [6, 6.07) is 4.95. The molecule has 21 heavy (non-hydrogen) atoms. The Bertz CT molecular complexity index is 694. The van der Waals surface area contributed by atoms with Gasteiger partial charge in [0.25, 0.3) is 0 Å². The lowest BCUT2D eigenvalue weighted by molar-refractivity contribution is 0.567. The standard InChI is InChI=1S/C13H17ClN2O2S3/c1-3-15-8-11-12(6-7-19-11)21(17,18)16-9(2)10-4-5-13(14)20-10/h4-7,9,15-16H,3,8H2,1-2H3. The minimum Gasteiger partial charge on any atom is -0.312 e. The van der Waals surface area contributed by atoms with E-state index in [0.29, 0.717) is 15.8 Å². The topological polar surface area (TPSA) is 58.2 Å². The van der Waals surface area contributed by atoms with E-state index in [1.165, 1.54) is 22.7 Å². The Balaban J connectivity index is 2.16. The summed E-state index contributed by atoms with van der Waals surface area (Å²) < 4.78 is 28.4. The fourth-order valence-corrected chi connectivity index (χ4v) is 5.62. The van der Waals surface area contributed by atoms with Crippen LogP contribution in [0, 0.1) is 0 Å². The van der Waals surface area contributed by atoms with Gasteiger partial charge in [-0.1, -0.05) is 18.5 Å². The van der Waals surface area contributed by atoms with Crippen molar-refractivity contribution in [2.24, 2.45) is 0 Å². The summed E-state index contributed by atoms with van der Waals surface area (Å²) in [7, 11) is -3.53. The summed E-state index contributed by atoms with van der Waals surface area (Å²) in [6.07, 6.45) is 0. The molecule has 0 saturated heterocycles. The van der Waals surface area contributed by atoms with E-state index in [1.807, 2.05) is 19.9 Å². The van der Waals surface area contributed by atoms with Crippen LogP contribution in [0.15, 0.2) is 28.5 Å². The van der Waals surface area contributed by atoms with Crippen molar-refractivity contribution in [3.8, 4) is 0 Å². The lowest BCUT2D eigenvalue weighted by Crippen LogP contribution is -2.27. The summed E-state index contributed by atoms with van der Waals surface area (Å²) in [5.41, 5.74) is 0. The lowest BCUT2D eigenvalue weighted by atomic mass is 10.3. The molecular formula is C13H17ClN2O2S3. The number of rotatable bonds is 7. The molecule has 0 aliphatic rings. The molecule has 0 saturated carbocycles. The Morgan fingerprint density at radius 2 is 2.10 bits per heavy atom. The van der Waals surface area contributed by atoms with Crippen molar-refractivity contribution in [2.45, 2.75) is 31.3 Å². The third-order valence-electron chi connectivity index (χ3n) is 2.88. The van der Waals surface area contributed by atoms with Gasteiger partial charge in [0.2, 0.25) is 10.0 Å². The first-order valence-corrected chi connectivity index (χ1v) is 10.0. The molecule has 2 aromatic rings. The maximum Gasteiger partial charge on any atom is 0.242 e. The van der Waals surface area contributed by atoms with E-state index in [0.717, 1.165) is 16.3 Å². The second kappa shape index (κ2) is 7.21. The molecule has 8 heteroatoms. The van der Waals surface area contributed by atoms with E-state index in [-0.39, 0.29) is 6.04 Å². The molecule has 4 nitrogen and oxygen atoms in total. The predicted molar refractivity (Wildman–Crippen MR) is 89.8 cm³/mol. The van der Waals surface area contributed by atoms with Crippen LogP contribution in [-0.2, 0) is 16.6 Å². The molecule has 0 radical (unpaired) electrons. The molecule has 2 heterocycles. The Morgan fingerprint density at radius 1 is 1.33 bits per heavy atom. The zero-order valence-corrected chi connectivity index (χ0v) is 14.9. The van der Waals surface area contributed by atoms with E-state index >= 15 is 0 Å². The summed E-state index contributed by atoms with van der Waals surface area (Å²) in [4.78, 5) is 2.07. The number of hydrogen-bond donors (Lipinski definition) is 2. The second-order valence-corrected chi connectivity index (χ2v) is 8.90. The number of thiophene rings is 2. The molecule has 0 aromatic carbocycles. The molecule has 1 unspecified atom stereocenters. The Labute approximate surface area is 138 Å². The van der Waals surface area contributed by atoms with E-state index in [9.17, 15) is 8.42 Å². The smallest absolute Gasteiger partial charge is 0.242 e. The van der Waals surface area contributed by atoms with Crippen LogP contribution in [-0.4, -0.2) is 15.0 Å². The van der Waals surface area contributed by atoms with Crippen LogP contribution in [0.1, 0.15) is 29.6 Å². The summed E-state index contributed by atoms with van der Waals surface area (Å²) in [5.74, 6) is 0. The minimum atomic E-state index is -3.53. The van der Waals surface area contributed by atoms with Gasteiger partial charge in [-0.3, -0.25) is 0 Å². The molecule has 2 rings (SSSR count). The zero-order valence-electron chi connectivity index (χ0n) is 11.7. The quantitative estimate of drug-likeness (QED) is 0.789. The van der Waals surface area contributed by atoms with Gasteiger partial charge in [-0.05, 0) is 37.0 Å². The van der Waals surface area contributed by atoms with Gasteiger partial charge in [0, 0.05) is 16.3 Å². The lowest BCUT2D eigenvalue weighted by Gasteiger charge is -2.13. The third-order valence-corrected chi connectivity index (χ3v) is 6.97. The number of hydrogen-bond acceptors (Lipinski definition) is 5. The molecular weight excluding hydrogens is 348 g/mol. The van der Waals surface area contributed by atoms with Gasteiger partial charge in [-0.2, -0.15) is 0 Å². The van der Waals surface area contributed by atoms with Crippen LogP contribution in [0.4, 0.5) is 0 Å². The fraction of sp³-hybridized carbons (Fsp3) is 0.385. The first kappa shape index (κ1) is 16.9. The van der Waals surface area contributed by atoms with Gasteiger partial charge in [-0.15, -0.1) is 22.7 Å². The molecule has 2 N–H and O–H groups in total. The highest BCUT2D eigenvalue weighted by atomic mass is 35.5. The van der Waals surface area contributed by atoms with Crippen molar-refractivity contribution >= 4 is 44.3 Å². The molecule has 0 amide bonds. The first-order valence-electron chi connectivity index (χ1n) is 6.48. The van der Waals surface area contributed by atoms with E-state index < -0.39 is 10.0 Å². The van der Waals surface area contributed by atoms with Crippen LogP contribution in [0.3, 0.4) is 0 Å². The normalized spacial score (nSPS) is 13.5. The average molecular weight is 365 g/mol. The van der Waals surface area contributed by atoms with Crippen LogP contribution in [0.25, 0.3) is 0 Å². The van der Waals surface area contributed by atoms with Gasteiger partial charge in [0.1, 0.15) is 0 Å². The number of nitrogens with one attached hydrogen (secondary N) is 2. The average Bonchev–Trinajstić information content (AvgIpc) is 3.04. The Hall–Kier alpha value is -0.440. The largest absolute Gasteiger partial charge is 0.312 e. The van der Waals surface area contributed by atoms with Crippen LogP contribution >= 0.6 is 34.3 Å². The molecule has 1 atom stereocenters. The summed E-state index contributed by atoms with van der Waals surface area (Å²) >= 11 is 8.72. The van der Waals surface area contributed by atoms with Crippen molar-refractivity contribution < 1.29 is 8.42 Å². The Kier molecular flexibility index (Phi) is 5.81. The van der Waals surface area contributed by atoms with Crippen molar-refractivity contribution in [2.75, 3.05) is 6.54 Å². The molecule has 0 spiro atoms. The maximum absolute atomic E-state index is 12.5. The monoisotopic (exact) mass is 364 g/mol. The van der Waals surface area contributed by atoms with Gasteiger partial charge in [0.15, 0.2) is 0 Å². The molecule has 0 aliphatic carbocycles. The van der Waals surface area contributed by atoms with Gasteiger partial charge in [-0.25, -0.2) is 13.1 Å². The molecule has 116 valence electrons. The van der Waals surface area contributed by atoms with Gasteiger partial charge in [0.05, 0.1) is 15.3 Å². The van der Waals surface area contributed by atoms with Gasteiger partial charge < -0.3 is 5.32 Å². The highest BCUT2D eigenvalue weighted by molar-refractivity contribution is 7.89. The van der Waals surface area contributed by atoms with Crippen molar-refractivity contribution in [1.29, 1.82) is 0 Å². The maximum atomic E-state index is 12.5. The molecule has 0 bridgehead atoms.